The molecule has 0 aromatic rings. The van der Waals surface area contributed by atoms with Gasteiger partial charge in [0, 0.05) is 12.6 Å². The van der Waals surface area contributed by atoms with E-state index in [0.29, 0.717) is 6.04 Å². The number of amides is 2. The van der Waals surface area contributed by atoms with Crippen LogP contribution in [0.4, 0.5) is 4.79 Å². The van der Waals surface area contributed by atoms with E-state index in [1.807, 2.05) is 0 Å². The lowest BCUT2D eigenvalue weighted by molar-refractivity contribution is 0.171. The molecule has 1 aliphatic heterocycles. The molecule has 0 aromatic carbocycles. The molecule has 2 rings (SSSR count). The fraction of sp³-hybridized carbons (Fsp3) is 0.800. The summed E-state index contributed by atoms with van der Waals surface area (Å²) >= 11 is 0. The van der Waals surface area contributed by atoms with Crippen LogP contribution in [-0.2, 0) is 0 Å². The molecule has 84 valence electrons. The van der Waals surface area contributed by atoms with Crippen LogP contribution in [0.25, 0.3) is 0 Å². The number of likely N-dealkylation sites (tertiary alicyclic amines) is 1. The van der Waals surface area contributed by atoms with Crippen molar-refractivity contribution in [3.05, 3.63) is 0 Å². The van der Waals surface area contributed by atoms with Crippen LogP contribution in [0.2, 0.25) is 0 Å². The quantitative estimate of drug-likeness (QED) is 0.462. The fourth-order valence-electron chi connectivity index (χ4n) is 1.98. The van der Waals surface area contributed by atoms with Crippen molar-refractivity contribution < 1.29 is 4.79 Å². The second-order valence-electron chi connectivity index (χ2n) is 4.38. The molecule has 2 aliphatic rings. The third-order valence-electron chi connectivity index (χ3n) is 3.03. The molecule has 0 aromatic heterocycles. The maximum absolute atomic E-state index is 11.8. The summed E-state index contributed by atoms with van der Waals surface area (Å²) in [5.41, 5.74) is 5.50. The van der Waals surface area contributed by atoms with Crippen molar-refractivity contribution in [2.45, 2.75) is 44.2 Å². The molecule has 1 saturated heterocycles. The minimum atomic E-state index is -0.183. The summed E-state index contributed by atoms with van der Waals surface area (Å²) in [4.78, 5) is 13.5. The van der Waals surface area contributed by atoms with E-state index in [1.165, 1.54) is 0 Å². The fourth-order valence-corrected chi connectivity index (χ4v) is 1.98. The van der Waals surface area contributed by atoms with Gasteiger partial charge in [0.05, 0.1) is 6.04 Å². The molecular weight excluding hydrogens is 192 g/mol. The molecule has 15 heavy (non-hydrogen) atoms. The van der Waals surface area contributed by atoms with E-state index in [0.717, 1.165) is 38.6 Å². The highest BCUT2D eigenvalue weighted by Crippen LogP contribution is 2.21. The molecule has 5 nitrogen and oxygen atoms in total. The van der Waals surface area contributed by atoms with Crippen LogP contribution in [0.5, 0.6) is 0 Å². The smallest absolute Gasteiger partial charge is 0.318 e. The molecule has 4 N–H and O–H groups in total. The average Bonchev–Trinajstić information content (AvgIpc) is 3.01. The van der Waals surface area contributed by atoms with Crippen molar-refractivity contribution in [2.75, 3.05) is 6.54 Å². The van der Waals surface area contributed by atoms with E-state index in [2.05, 4.69) is 5.32 Å². The lowest BCUT2D eigenvalue weighted by Crippen LogP contribution is -2.53. The van der Waals surface area contributed by atoms with Crippen LogP contribution in [0, 0.1) is 5.41 Å². The molecule has 1 unspecified atom stereocenters. The zero-order valence-corrected chi connectivity index (χ0v) is 8.83. The number of carbonyl (C=O) groups is 1. The van der Waals surface area contributed by atoms with Gasteiger partial charge in [-0.3, -0.25) is 5.41 Å². The molecule has 0 bridgehead atoms. The second-order valence-corrected chi connectivity index (χ2v) is 4.38. The SMILES string of the molecule is N=C(N)C1CCCCN1C(=O)NC1CC1. The summed E-state index contributed by atoms with van der Waals surface area (Å²) in [7, 11) is 0. The number of piperidine rings is 1. The van der Waals surface area contributed by atoms with Gasteiger partial charge in [0.1, 0.15) is 5.84 Å². The summed E-state index contributed by atoms with van der Waals surface area (Å²) < 4.78 is 0. The van der Waals surface area contributed by atoms with E-state index in [-0.39, 0.29) is 17.9 Å². The van der Waals surface area contributed by atoms with Gasteiger partial charge in [0.15, 0.2) is 0 Å². The van der Waals surface area contributed by atoms with Crippen molar-refractivity contribution in [3.63, 3.8) is 0 Å². The van der Waals surface area contributed by atoms with E-state index >= 15 is 0 Å². The van der Waals surface area contributed by atoms with E-state index in [9.17, 15) is 4.79 Å². The van der Waals surface area contributed by atoms with Gasteiger partial charge in [0.25, 0.3) is 0 Å². The first kappa shape index (κ1) is 10.3. The van der Waals surface area contributed by atoms with Crippen LogP contribution < -0.4 is 11.1 Å². The van der Waals surface area contributed by atoms with Crippen molar-refractivity contribution >= 4 is 11.9 Å². The number of rotatable bonds is 2. The first-order chi connectivity index (χ1) is 7.18. The standard InChI is InChI=1S/C10H18N4O/c11-9(12)8-3-1-2-6-14(8)10(15)13-7-4-5-7/h7-8H,1-6H2,(H3,11,12)(H,13,15). The predicted molar refractivity (Wildman–Crippen MR) is 57.8 cm³/mol. The summed E-state index contributed by atoms with van der Waals surface area (Å²) in [6.07, 6.45) is 5.07. The number of nitrogens with one attached hydrogen (secondary N) is 2. The molecule has 1 atom stereocenters. The molecule has 1 heterocycles. The largest absolute Gasteiger partial charge is 0.386 e. The van der Waals surface area contributed by atoms with Gasteiger partial charge >= 0.3 is 6.03 Å². The van der Waals surface area contributed by atoms with Crippen molar-refractivity contribution in [1.29, 1.82) is 5.41 Å². The van der Waals surface area contributed by atoms with Gasteiger partial charge in [-0.15, -0.1) is 0 Å². The minimum Gasteiger partial charge on any atom is -0.386 e. The van der Waals surface area contributed by atoms with Crippen LogP contribution >= 0.6 is 0 Å². The van der Waals surface area contributed by atoms with Gasteiger partial charge in [-0.05, 0) is 32.1 Å². The third kappa shape index (κ3) is 2.40. The number of hydrogen-bond acceptors (Lipinski definition) is 2. The Morgan fingerprint density at radius 2 is 2.07 bits per heavy atom. The van der Waals surface area contributed by atoms with Crippen LogP contribution in [0.15, 0.2) is 0 Å². The number of nitrogens with two attached hydrogens (primary N) is 1. The Labute approximate surface area is 89.5 Å². The molecule has 5 heteroatoms. The Morgan fingerprint density at radius 3 is 2.67 bits per heavy atom. The van der Waals surface area contributed by atoms with Gasteiger partial charge in [-0.25, -0.2) is 4.79 Å². The van der Waals surface area contributed by atoms with Crippen molar-refractivity contribution in [2.24, 2.45) is 5.73 Å². The normalized spacial score (nSPS) is 26.1. The number of nitrogens with zero attached hydrogens (tertiary/aromatic N) is 1. The lowest BCUT2D eigenvalue weighted by Gasteiger charge is -2.34. The number of amidine groups is 1. The van der Waals surface area contributed by atoms with Crippen molar-refractivity contribution in [1.82, 2.24) is 10.2 Å². The molecular formula is C10H18N4O. The van der Waals surface area contributed by atoms with Crippen LogP contribution in [0.1, 0.15) is 32.1 Å². The topological polar surface area (TPSA) is 82.2 Å². The molecule has 2 fully saturated rings. The highest BCUT2D eigenvalue weighted by molar-refractivity contribution is 5.88. The first-order valence-corrected chi connectivity index (χ1v) is 5.59. The van der Waals surface area contributed by atoms with Gasteiger partial charge in [0.2, 0.25) is 0 Å². The molecule has 2 amide bonds. The average molecular weight is 210 g/mol. The molecule has 1 aliphatic carbocycles. The summed E-state index contributed by atoms with van der Waals surface area (Å²) in [6.45, 7) is 0.725. The zero-order valence-electron chi connectivity index (χ0n) is 8.83. The predicted octanol–water partition coefficient (Wildman–Crippen LogP) is 0.649. The number of hydrogen-bond donors (Lipinski definition) is 3. The summed E-state index contributed by atoms with van der Waals surface area (Å²) in [5.74, 6) is 0.112. The number of carbonyl (C=O) groups excluding carboxylic acids is 1. The van der Waals surface area contributed by atoms with Crippen molar-refractivity contribution in [3.8, 4) is 0 Å². The van der Waals surface area contributed by atoms with Gasteiger partial charge in [-0.2, -0.15) is 0 Å². The summed E-state index contributed by atoms with van der Waals surface area (Å²) in [5, 5.41) is 10.4. The van der Waals surface area contributed by atoms with Crippen LogP contribution in [0.3, 0.4) is 0 Å². The minimum absolute atomic E-state index is 0.0441. The Hall–Kier alpha value is -1.26. The third-order valence-corrected chi connectivity index (χ3v) is 3.03. The first-order valence-electron chi connectivity index (χ1n) is 5.59. The second kappa shape index (κ2) is 4.08. The van der Waals surface area contributed by atoms with E-state index in [1.54, 1.807) is 4.90 Å². The monoisotopic (exact) mass is 210 g/mol. The summed E-state index contributed by atoms with van der Waals surface area (Å²) in [6, 6.07) is 0.141. The Morgan fingerprint density at radius 1 is 1.33 bits per heavy atom. The lowest BCUT2D eigenvalue weighted by atomic mass is 10.0. The Kier molecular flexibility index (Phi) is 2.79. The maximum atomic E-state index is 11.8. The Balaban J connectivity index is 1.96. The highest BCUT2D eigenvalue weighted by atomic mass is 16.2. The van der Waals surface area contributed by atoms with Crippen LogP contribution in [-0.4, -0.2) is 35.4 Å². The zero-order chi connectivity index (χ0) is 10.8. The number of urea groups is 1. The van der Waals surface area contributed by atoms with E-state index in [4.69, 9.17) is 11.1 Å². The molecule has 0 radical (unpaired) electrons. The van der Waals surface area contributed by atoms with Gasteiger partial charge in [-0.1, -0.05) is 0 Å². The maximum Gasteiger partial charge on any atom is 0.318 e. The molecule has 1 saturated carbocycles. The highest BCUT2D eigenvalue weighted by Gasteiger charge is 2.32. The van der Waals surface area contributed by atoms with E-state index < -0.39 is 0 Å². The molecule has 0 spiro atoms. The van der Waals surface area contributed by atoms with Gasteiger partial charge < -0.3 is 16.0 Å². The Bertz CT molecular complexity index is 275.